The number of carbonyl (C=O) groups is 2. The highest BCUT2D eigenvalue weighted by Gasteiger charge is 2.25. The summed E-state index contributed by atoms with van der Waals surface area (Å²) in [6, 6.07) is 6.46. The molecule has 6 nitrogen and oxygen atoms in total. The minimum atomic E-state index is -0.807. The predicted octanol–water partition coefficient (Wildman–Crippen LogP) is 2.69. The summed E-state index contributed by atoms with van der Waals surface area (Å²) in [6.07, 6.45) is -0.341. The lowest BCUT2D eigenvalue weighted by molar-refractivity contribution is -0.145. The number of amides is 1. The first-order valence-corrected chi connectivity index (χ1v) is 7.54. The van der Waals surface area contributed by atoms with Gasteiger partial charge >= 0.3 is 12.1 Å². The van der Waals surface area contributed by atoms with Gasteiger partial charge in [0.2, 0.25) is 0 Å². The number of nitrogens with one attached hydrogen (secondary N) is 1. The number of carbonyl (C=O) groups excluding carboxylic acids is 2. The van der Waals surface area contributed by atoms with E-state index >= 15 is 0 Å². The maximum Gasteiger partial charge on any atom is 0.408 e. The summed E-state index contributed by atoms with van der Waals surface area (Å²) in [5.74, 6) is 0.232. The van der Waals surface area contributed by atoms with Gasteiger partial charge in [0.05, 0.1) is 13.7 Å². The summed E-state index contributed by atoms with van der Waals surface area (Å²) < 4.78 is 15.3. The average Bonchev–Trinajstić information content (AvgIpc) is 2.45. The van der Waals surface area contributed by atoms with E-state index in [2.05, 4.69) is 5.32 Å². The van der Waals surface area contributed by atoms with Gasteiger partial charge in [0, 0.05) is 6.42 Å². The van der Waals surface area contributed by atoms with Crippen LogP contribution in [-0.2, 0) is 20.7 Å². The first kappa shape index (κ1) is 18.8. The number of benzene rings is 1. The molecule has 0 aromatic heterocycles. The van der Waals surface area contributed by atoms with Crippen LogP contribution in [0.15, 0.2) is 24.3 Å². The maximum atomic E-state index is 12.1. The van der Waals surface area contributed by atoms with Crippen LogP contribution in [0.3, 0.4) is 0 Å². The van der Waals surface area contributed by atoms with Crippen molar-refractivity contribution < 1.29 is 23.8 Å². The topological polar surface area (TPSA) is 73.9 Å². The Bertz CT molecular complexity index is 519. The number of hydrogen-bond donors (Lipinski definition) is 1. The summed E-state index contributed by atoms with van der Waals surface area (Å²) in [5, 5.41) is 2.57. The molecule has 1 rings (SSSR count). The highest BCUT2D eigenvalue weighted by atomic mass is 16.6. The summed E-state index contributed by atoms with van der Waals surface area (Å²) in [5.41, 5.74) is 0.239. The van der Waals surface area contributed by atoms with Crippen molar-refractivity contribution in [2.24, 2.45) is 0 Å². The van der Waals surface area contributed by atoms with E-state index in [1.807, 2.05) is 12.1 Å². The van der Waals surface area contributed by atoms with Crippen molar-refractivity contribution >= 4 is 12.1 Å². The van der Waals surface area contributed by atoms with Crippen LogP contribution in [0.4, 0.5) is 4.79 Å². The fourth-order valence-electron chi connectivity index (χ4n) is 1.88. The van der Waals surface area contributed by atoms with Gasteiger partial charge in [0.15, 0.2) is 0 Å². The molecule has 1 unspecified atom stereocenters. The lowest BCUT2D eigenvalue weighted by Gasteiger charge is -2.23. The van der Waals surface area contributed by atoms with Crippen LogP contribution in [0, 0.1) is 0 Å². The van der Waals surface area contributed by atoms with Crippen molar-refractivity contribution in [3.05, 3.63) is 29.8 Å². The second kappa shape index (κ2) is 8.41. The van der Waals surface area contributed by atoms with Crippen LogP contribution >= 0.6 is 0 Å². The van der Waals surface area contributed by atoms with Gasteiger partial charge < -0.3 is 19.5 Å². The van der Waals surface area contributed by atoms with Gasteiger partial charge in [-0.3, -0.25) is 0 Å². The third-order valence-corrected chi connectivity index (χ3v) is 2.86. The molecular formula is C17H25NO5. The zero-order valence-electron chi connectivity index (χ0n) is 14.3. The van der Waals surface area contributed by atoms with Gasteiger partial charge in [0.25, 0.3) is 0 Å². The number of rotatable bonds is 6. The third-order valence-electron chi connectivity index (χ3n) is 2.86. The molecule has 0 aliphatic carbocycles. The fraction of sp³-hybridized carbons (Fsp3) is 0.529. The van der Waals surface area contributed by atoms with Gasteiger partial charge in [-0.05, 0) is 45.4 Å². The van der Waals surface area contributed by atoms with Crippen LogP contribution in [0.2, 0.25) is 0 Å². The second-order valence-electron chi connectivity index (χ2n) is 6.00. The van der Waals surface area contributed by atoms with Crippen molar-refractivity contribution in [3.63, 3.8) is 0 Å². The smallest absolute Gasteiger partial charge is 0.408 e. The van der Waals surface area contributed by atoms with Gasteiger partial charge in [-0.2, -0.15) is 0 Å². The average molecular weight is 323 g/mol. The predicted molar refractivity (Wildman–Crippen MR) is 86.5 cm³/mol. The third kappa shape index (κ3) is 7.04. The van der Waals surface area contributed by atoms with E-state index in [0.29, 0.717) is 6.42 Å². The molecule has 1 N–H and O–H groups in total. The molecule has 0 aliphatic heterocycles. The monoisotopic (exact) mass is 323 g/mol. The Balaban J connectivity index is 2.79. The Hall–Kier alpha value is -2.24. The molecule has 1 atom stereocenters. The molecular weight excluding hydrogens is 298 g/mol. The fourth-order valence-corrected chi connectivity index (χ4v) is 1.88. The molecule has 0 fully saturated rings. The van der Waals surface area contributed by atoms with Crippen LogP contribution < -0.4 is 10.1 Å². The van der Waals surface area contributed by atoms with Crippen molar-refractivity contribution in [1.29, 1.82) is 0 Å². The Kier molecular flexibility index (Phi) is 6.88. The Morgan fingerprint density at radius 1 is 1.17 bits per heavy atom. The first-order chi connectivity index (χ1) is 10.7. The zero-order valence-corrected chi connectivity index (χ0v) is 14.3. The molecule has 0 heterocycles. The molecule has 1 aromatic carbocycles. The molecule has 23 heavy (non-hydrogen) atoms. The normalized spacial score (nSPS) is 12.2. The van der Waals surface area contributed by atoms with E-state index < -0.39 is 23.7 Å². The molecule has 1 amide bonds. The van der Waals surface area contributed by atoms with Gasteiger partial charge in [-0.25, -0.2) is 9.59 Å². The number of methoxy groups -OCH3 is 1. The van der Waals surface area contributed by atoms with Crippen LogP contribution in [-0.4, -0.2) is 37.4 Å². The zero-order chi connectivity index (χ0) is 17.5. The van der Waals surface area contributed by atoms with Crippen LogP contribution in [0.1, 0.15) is 33.3 Å². The standard InChI is InChI=1S/C17H25NO5/c1-6-22-15(19)14(18-16(20)23-17(2,3)4)11-12-7-9-13(21-5)10-8-12/h7-10,14H,6,11H2,1-5H3,(H,18,20). The molecule has 128 valence electrons. The van der Waals surface area contributed by atoms with Gasteiger partial charge in [-0.15, -0.1) is 0 Å². The molecule has 0 spiro atoms. The number of hydrogen-bond acceptors (Lipinski definition) is 5. The SMILES string of the molecule is CCOC(=O)C(Cc1ccc(OC)cc1)NC(=O)OC(C)(C)C. The minimum absolute atomic E-state index is 0.244. The van der Waals surface area contributed by atoms with Crippen molar-refractivity contribution in [2.45, 2.75) is 45.8 Å². The Morgan fingerprint density at radius 2 is 1.78 bits per heavy atom. The van der Waals surface area contributed by atoms with Crippen molar-refractivity contribution in [3.8, 4) is 5.75 Å². The van der Waals surface area contributed by atoms with E-state index in [1.54, 1.807) is 46.9 Å². The quantitative estimate of drug-likeness (QED) is 0.815. The lowest BCUT2D eigenvalue weighted by Crippen LogP contribution is -2.45. The second-order valence-corrected chi connectivity index (χ2v) is 6.00. The molecule has 0 saturated heterocycles. The van der Waals surface area contributed by atoms with Crippen molar-refractivity contribution in [1.82, 2.24) is 5.32 Å². The van der Waals surface area contributed by atoms with E-state index in [9.17, 15) is 9.59 Å². The van der Waals surface area contributed by atoms with E-state index in [4.69, 9.17) is 14.2 Å². The molecule has 6 heteroatoms. The van der Waals surface area contributed by atoms with Crippen molar-refractivity contribution in [2.75, 3.05) is 13.7 Å². The van der Waals surface area contributed by atoms with E-state index in [0.717, 1.165) is 11.3 Å². The van der Waals surface area contributed by atoms with Gasteiger partial charge in [-0.1, -0.05) is 12.1 Å². The Labute approximate surface area is 137 Å². The summed E-state index contributed by atoms with van der Waals surface area (Å²) in [6.45, 7) is 7.24. The highest BCUT2D eigenvalue weighted by Crippen LogP contribution is 2.14. The van der Waals surface area contributed by atoms with Crippen LogP contribution in [0.25, 0.3) is 0 Å². The number of esters is 1. The molecule has 1 aromatic rings. The largest absolute Gasteiger partial charge is 0.497 e. The summed E-state index contributed by atoms with van der Waals surface area (Å²) >= 11 is 0. The number of ether oxygens (including phenoxy) is 3. The molecule has 0 aliphatic rings. The molecule has 0 radical (unpaired) electrons. The molecule has 0 saturated carbocycles. The van der Waals surface area contributed by atoms with E-state index in [-0.39, 0.29) is 6.61 Å². The van der Waals surface area contributed by atoms with E-state index in [1.165, 1.54) is 0 Å². The minimum Gasteiger partial charge on any atom is -0.497 e. The highest BCUT2D eigenvalue weighted by molar-refractivity contribution is 5.81. The first-order valence-electron chi connectivity index (χ1n) is 7.54. The summed E-state index contributed by atoms with van der Waals surface area (Å²) in [7, 11) is 1.58. The summed E-state index contributed by atoms with van der Waals surface area (Å²) in [4.78, 5) is 24.0. The van der Waals surface area contributed by atoms with Gasteiger partial charge in [0.1, 0.15) is 17.4 Å². The molecule has 0 bridgehead atoms. The number of alkyl carbamates (subject to hydrolysis) is 1. The van der Waals surface area contributed by atoms with Crippen LogP contribution in [0.5, 0.6) is 5.75 Å². The maximum absolute atomic E-state index is 12.1. The Morgan fingerprint density at radius 3 is 2.26 bits per heavy atom. The lowest BCUT2D eigenvalue weighted by atomic mass is 10.1.